The van der Waals surface area contributed by atoms with Gasteiger partial charge in [0.25, 0.3) is 0 Å². The fourth-order valence-electron chi connectivity index (χ4n) is 2.37. The highest BCUT2D eigenvalue weighted by atomic mass is 79.9. The summed E-state index contributed by atoms with van der Waals surface area (Å²) in [5.41, 5.74) is 2.72. The van der Waals surface area contributed by atoms with Crippen molar-refractivity contribution in [1.29, 1.82) is 0 Å². The highest BCUT2D eigenvalue weighted by Gasteiger charge is 2.11. The third kappa shape index (κ3) is 4.72. The van der Waals surface area contributed by atoms with Crippen LogP contribution in [0.2, 0.25) is 0 Å². The van der Waals surface area contributed by atoms with Crippen molar-refractivity contribution in [3.8, 4) is 0 Å². The molecule has 0 aliphatic carbocycles. The zero-order valence-corrected chi connectivity index (χ0v) is 14.7. The first-order valence-corrected chi connectivity index (χ1v) is 8.51. The fourth-order valence-corrected chi connectivity index (χ4v) is 3.69. The average Bonchev–Trinajstić information content (AvgIpc) is 2.43. The van der Waals surface area contributed by atoms with E-state index in [-0.39, 0.29) is 0 Å². The standard InChI is InChI=1S/C17H19Br2N/c1-2-20-17(9-8-13-6-4-3-5-7-13)14-10-15(18)12-16(19)11-14/h3-7,10-12,17,20H,2,8-9H2,1H3. The molecule has 0 fully saturated rings. The molecule has 2 aromatic rings. The van der Waals surface area contributed by atoms with Gasteiger partial charge in [0.2, 0.25) is 0 Å². The van der Waals surface area contributed by atoms with Crippen LogP contribution in [-0.4, -0.2) is 6.54 Å². The summed E-state index contributed by atoms with van der Waals surface area (Å²) < 4.78 is 2.23. The predicted octanol–water partition coefficient (Wildman–Crippen LogP) is 5.50. The van der Waals surface area contributed by atoms with Gasteiger partial charge >= 0.3 is 0 Å². The Hall–Kier alpha value is -0.640. The van der Waals surface area contributed by atoms with Crippen LogP contribution < -0.4 is 5.32 Å². The van der Waals surface area contributed by atoms with Crippen LogP contribution in [0.15, 0.2) is 57.5 Å². The van der Waals surface area contributed by atoms with Crippen LogP contribution in [0.25, 0.3) is 0 Å². The van der Waals surface area contributed by atoms with E-state index in [9.17, 15) is 0 Å². The minimum absolute atomic E-state index is 0.383. The maximum atomic E-state index is 3.58. The van der Waals surface area contributed by atoms with E-state index in [1.165, 1.54) is 11.1 Å². The van der Waals surface area contributed by atoms with Crippen molar-refractivity contribution in [1.82, 2.24) is 5.32 Å². The molecular weight excluding hydrogens is 378 g/mol. The van der Waals surface area contributed by atoms with E-state index in [0.717, 1.165) is 28.3 Å². The van der Waals surface area contributed by atoms with Gasteiger partial charge in [0.15, 0.2) is 0 Å². The van der Waals surface area contributed by atoms with Gasteiger partial charge in [-0.05, 0) is 48.7 Å². The third-order valence-corrected chi connectivity index (χ3v) is 4.22. The zero-order valence-electron chi connectivity index (χ0n) is 11.6. The van der Waals surface area contributed by atoms with E-state index >= 15 is 0 Å². The molecule has 1 N–H and O–H groups in total. The molecule has 0 spiro atoms. The van der Waals surface area contributed by atoms with Gasteiger partial charge in [-0.1, -0.05) is 69.1 Å². The monoisotopic (exact) mass is 395 g/mol. The second-order valence-corrected chi connectivity index (χ2v) is 6.67. The van der Waals surface area contributed by atoms with Gasteiger partial charge in [0, 0.05) is 15.0 Å². The maximum absolute atomic E-state index is 3.58. The topological polar surface area (TPSA) is 12.0 Å². The quantitative estimate of drug-likeness (QED) is 0.680. The van der Waals surface area contributed by atoms with E-state index in [1.807, 2.05) is 0 Å². The fraction of sp³-hybridized carbons (Fsp3) is 0.294. The Morgan fingerprint density at radius 3 is 2.25 bits per heavy atom. The molecule has 3 heteroatoms. The number of halogens is 2. The second-order valence-electron chi connectivity index (χ2n) is 4.84. The molecule has 0 aliphatic rings. The van der Waals surface area contributed by atoms with Gasteiger partial charge in [-0.2, -0.15) is 0 Å². The number of rotatable bonds is 6. The molecule has 2 rings (SSSR count). The molecule has 0 radical (unpaired) electrons. The summed E-state index contributed by atoms with van der Waals surface area (Å²) in [6.45, 7) is 3.13. The minimum atomic E-state index is 0.383. The molecule has 20 heavy (non-hydrogen) atoms. The summed E-state index contributed by atoms with van der Waals surface area (Å²) in [7, 11) is 0. The van der Waals surface area contributed by atoms with Crippen molar-refractivity contribution >= 4 is 31.9 Å². The van der Waals surface area contributed by atoms with Crippen LogP contribution in [0, 0.1) is 0 Å². The third-order valence-electron chi connectivity index (χ3n) is 3.30. The molecule has 0 amide bonds. The van der Waals surface area contributed by atoms with E-state index in [0.29, 0.717) is 6.04 Å². The van der Waals surface area contributed by atoms with Crippen LogP contribution in [0.5, 0.6) is 0 Å². The lowest BCUT2D eigenvalue weighted by molar-refractivity contribution is 0.515. The highest BCUT2D eigenvalue weighted by Crippen LogP contribution is 2.26. The number of benzene rings is 2. The molecule has 1 unspecified atom stereocenters. The van der Waals surface area contributed by atoms with Crippen molar-refractivity contribution in [3.63, 3.8) is 0 Å². The molecule has 0 heterocycles. The Morgan fingerprint density at radius 1 is 1.00 bits per heavy atom. The highest BCUT2D eigenvalue weighted by molar-refractivity contribution is 9.11. The summed E-state index contributed by atoms with van der Waals surface area (Å²) in [6, 6.07) is 17.5. The first-order chi connectivity index (χ1) is 9.69. The largest absolute Gasteiger partial charge is 0.310 e. The molecule has 1 atom stereocenters. The van der Waals surface area contributed by atoms with E-state index in [4.69, 9.17) is 0 Å². The Balaban J connectivity index is 2.10. The number of hydrogen-bond donors (Lipinski definition) is 1. The summed E-state index contributed by atoms with van der Waals surface area (Å²) in [4.78, 5) is 0. The smallest absolute Gasteiger partial charge is 0.0324 e. The molecule has 0 saturated heterocycles. The molecule has 0 bridgehead atoms. The Kier molecular flexibility index (Phi) is 6.27. The van der Waals surface area contributed by atoms with Gasteiger partial charge in [-0.25, -0.2) is 0 Å². The number of hydrogen-bond acceptors (Lipinski definition) is 1. The van der Waals surface area contributed by atoms with E-state index in [2.05, 4.69) is 92.6 Å². The van der Waals surface area contributed by atoms with E-state index in [1.54, 1.807) is 0 Å². The van der Waals surface area contributed by atoms with Crippen molar-refractivity contribution < 1.29 is 0 Å². The van der Waals surface area contributed by atoms with Gasteiger partial charge in [0.1, 0.15) is 0 Å². The molecule has 1 nitrogen and oxygen atoms in total. The van der Waals surface area contributed by atoms with Crippen LogP contribution in [0.3, 0.4) is 0 Å². The lowest BCUT2D eigenvalue weighted by Crippen LogP contribution is -2.21. The molecular formula is C17H19Br2N. The lowest BCUT2D eigenvalue weighted by atomic mass is 9.99. The SMILES string of the molecule is CCNC(CCc1ccccc1)c1cc(Br)cc(Br)c1. The Labute approximate surface area is 138 Å². The van der Waals surface area contributed by atoms with Crippen molar-refractivity contribution in [3.05, 3.63) is 68.6 Å². The van der Waals surface area contributed by atoms with Crippen molar-refractivity contribution in [2.45, 2.75) is 25.8 Å². The first-order valence-electron chi connectivity index (χ1n) is 6.92. The predicted molar refractivity (Wildman–Crippen MR) is 93.0 cm³/mol. The summed E-state index contributed by atoms with van der Waals surface area (Å²) in [6.07, 6.45) is 2.18. The molecule has 2 aromatic carbocycles. The molecule has 0 aromatic heterocycles. The first kappa shape index (κ1) is 15.7. The Morgan fingerprint density at radius 2 is 1.65 bits per heavy atom. The van der Waals surface area contributed by atoms with Crippen LogP contribution in [0.4, 0.5) is 0 Å². The lowest BCUT2D eigenvalue weighted by Gasteiger charge is -2.19. The summed E-state index contributed by atoms with van der Waals surface area (Å²) in [5, 5.41) is 3.58. The maximum Gasteiger partial charge on any atom is 0.0324 e. The van der Waals surface area contributed by atoms with Gasteiger partial charge in [-0.15, -0.1) is 0 Å². The molecule has 106 valence electrons. The van der Waals surface area contributed by atoms with Gasteiger partial charge in [0.05, 0.1) is 0 Å². The van der Waals surface area contributed by atoms with Crippen molar-refractivity contribution in [2.75, 3.05) is 6.54 Å². The summed E-state index contributed by atoms with van der Waals surface area (Å²) >= 11 is 7.14. The van der Waals surface area contributed by atoms with E-state index < -0.39 is 0 Å². The van der Waals surface area contributed by atoms with Crippen LogP contribution >= 0.6 is 31.9 Å². The van der Waals surface area contributed by atoms with Gasteiger partial charge < -0.3 is 5.32 Å². The Bertz CT molecular complexity index is 520. The molecule has 0 saturated carbocycles. The zero-order chi connectivity index (χ0) is 14.4. The van der Waals surface area contributed by atoms with Crippen LogP contribution in [0.1, 0.15) is 30.5 Å². The normalized spacial score (nSPS) is 12.3. The molecule has 0 aliphatic heterocycles. The summed E-state index contributed by atoms with van der Waals surface area (Å²) in [5.74, 6) is 0. The van der Waals surface area contributed by atoms with Gasteiger partial charge in [-0.3, -0.25) is 0 Å². The second kappa shape index (κ2) is 7.96. The van der Waals surface area contributed by atoms with Crippen molar-refractivity contribution in [2.24, 2.45) is 0 Å². The van der Waals surface area contributed by atoms with Crippen LogP contribution in [-0.2, 0) is 6.42 Å². The average molecular weight is 397 g/mol. The minimum Gasteiger partial charge on any atom is -0.310 e. The number of aryl methyl sites for hydroxylation is 1. The number of nitrogens with one attached hydrogen (secondary N) is 1.